The molecule has 1 aliphatic rings. The van der Waals surface area contributed by atoms with E-state index in [9.17, 15) is 18.8 Å². The maximum Gasteiger partial charge on any atom is 0.322 e. The molecule has 1 unspecified atom stereocenters. The second-order valence-corrected chi connectivity index (χ2v) is 7.14. The number of rotatable bonds is 6. The van der Waals surface area contributed by atoms with Gasteiger partial charge in [0.05, 0.1) is 12.0 Å². The van der Waals surface area contributed by atoms with Crippen LogP contribution in [0.5, 0.6) is 11.5 Å². The molecule has 0 bridgehead atoms. The number of methoxy groups -OCH3 is 1. The summed E-state index contributed by atoms with van der Waals surface area (Å²) in [6.45, 7) is 0. The number of nitrogens with two attached hydrogens (primary N) is 1. The lowest BCUT2D eigenvalue weighted by atomic mass is 10.1. The quantitative estimate of drug-likeness (QED) is 0.551. The molecule has 2 amide bonds. The Morgan fingerprint density at radius 2 is 1.97 bits per heavy atom. The number of amides is 2. The Bertz CT molecular complexity index is 991. The van der Waals surface area contributed by atoms with Crippen LogP contribution in [0.1, 0.15) is 11.1 Å². The molecule has 3 N–H and O–H groups in total. The summed E-state index contributed by atoms with van der Waals surface area (Å²) >= 11 is 0.829. The van der Waals surface area contributed by atoms with Gasteiger partial charge in [-0.3, -0.25) is 19.7 Å². The van der Waals surface area contributed by atoms with Gasteiger partial charge in [-0.1, -0.05) is 18.2 Å². The number of carbonyl (C=O) groups is 3. The van der Waals surface area contributed by atoms with Gasteiger partial charge in [0.15, 0.2) is 11.6 Å². The molecule has 0 spiro atoms. The summed E-state index contributed by atoms with van der Waals surface area (Å²) in [6.07, 6.45) is 1.72. The first kappa shape index (κ1) is 20.6. The molecule has 0 saturated carbocycles. The predicted molar refractivity (Wildman–Crippen MR) is 106 cm³/mol. The second kappa shape index (κ2) is 8.89. The fraction of sp³-hybridized carbons (Fsp3) is 0.150. The molecule has 0 radical (unpaired) electrons. The monoisotopic (exact) mass is 416 g/mol. The van der Waals surface area contributed by atoms with Crippen LogP contribution in [0.15, 0.2) is 47.4 Å². The third-order valence-corrected chi connectivity index (χ3v) is 4.81. The molecular formula is C20H17FN2O5S. The molecule has 2 aromatic carbocycles. The third-order valence-electron chi connectivity index (χ3n) is 4.00. The highest BCUT2D eigenvalue weighted by molar-refractivity contribution is 8.18. The highest BCUT2D eigenvalue weighted by atomic mass is 32.2. The number of carbonyl (C=O) groups excluding carboxylic acids is 3. The lowest BCUT2D eigenvalue weighted by molar-refractivity contribution is -0.142. The average molecular weight is 416 g/mol. The van der Waals surface area contributed by atoms with Gasteiger partial charge in [-0.25, -0.2) is 4.39 Å². The summed E-state index contributed by atoms with van der Waals surface area (Å²) in [4.78, 5) is 34.4. The number of halogens is 1. The number of ether oxygens (including phenoxy) is 2. The van der Waals surface area contributed by atoms with E-state index in [-0.39, 0.29) is 12.2 Å². The Kier molecular flexibility index (Phi) is 6.30. The second-order valence-electron chi connectivity index (χ2n) is 6.12. The Balaban J connectivity index is 1.67. The minimum absolute atomic E-state index is 0.0165. The largest absolute Gasteiger partial charge is 0.468 e. The fourth-order valence-corrected chi connectivity index (χ4v) is 3.26. The zero-order chi connectivity index (χ0) is 21.0. The van der Waals surface area contributed by atoms with Gasteiger partial charge in [0.2, 0.25) is 0 Å². The molecule has 29 heavy (non-hydrogen) atoms. The predicted octanol–water partition coefficient (Wildman–Crippen LogP) is 2.98. The van der Waals surface area contributed by atoms with Crippen molar-refractivity contribution in [2.45, 2.75) is 12.5 Å². The average Bonchev–Trinajstić information content (AvgIpc) is 3.01. The summed E-state index contributed by atoms with van der Waals surface area (Å²) in [5.41, 5.74) is 6.91. The summed E-state index contributed by atoms with van der Waals surface area (Å²) in [5, 5.41) is 1.77. The first-order chi connectivity index (χ1) is 13.9. The van der Waals surface area contributed by atoms with Crippen LogP contribution in [0, 0.1) is 5.82 Å². The number of hydrogen-bond acceptors (Lipinski definition) is 7. The fourth-order valence-electron chi connectivity index (χ4n) is 2.57. The first-order valence-electron chi connectivity index (χ1n) is 8.50. The maximum absolute atomic E-state index is 14.3. The molecule has 1 atom stereocenters. The summed E-state index contributed by atoms with van der Waals surface area (Å²) in [7, 11) is 1.24. The van der Waals surface area contributed by atoms with Gasteiger partial charge in [0.25, 0.3) is 11.1 Å². The molecule has 1 heterocycles. The van der Waals surface area contributed by atoms with Crippen molar-refractivity contribution in [2.24, 2.45) is 5.73 Å². The van der Waals surface area contributed by atoms with Crippen molar-refractivity contribution < 1.29 is 28.2 Å². The van der Waals surface area contributed by atoms with Gasteiger partial charge in [-0.05, 0) is 59.7 Å². The number of esters is 1. The lowest BCUT2D eigenvalue weighted by Gasteiger charge is -2.11. The van der Waals surface area contributed by atoms with Gasteiger partial charge in [0.1, 0.15) is 11.8 Å². The molecule has 1 fully saturated rings. The van der Waals surface area contributed by atoms with Crippen LogP contribution in [0.3, 0.4) is 0 Å². The molecule has 7 nitrogen and oxygen atoms in total. The van der Waals surface area contributed by atoms with Crippen molar-refractivity contribution in [3.63, 3.8) is 0 Å². The molecule has 2 aromatic rings. The van der Waals surface area contributed by atoms with Crippen molar-refractivity contribution in [3.05, 3.63) is 64.3 Å². The van der Waals surface area contributed by atoms with Crippen molar-refractivity contribution in [2.75, 3.05) is 7.11 Å². The van der Waals surface area contributed by atoms with Gasteiger partial charge in [-0.2, -0.15) is 0 Å². The molecular weight excluding hydrogens is 399 g/mol. The molecule has 0 aliphatic carbocycles. The van der Waals surface area contributed by atoms with E-state index < -0.39 is 29.0 Å². The molecule has 9 heteroatoms. The van der Waals surface area contributed by atoms with Crippen LogP contribution in [-0.2, 0) is 20.7 Å². The lowest BCUT2D eigenvalue weighted by Crippen LogP contribution is -2.33. The molecule has 150 valence electrons. The Hall–Kier alpha value is -3.17. The van der Waals surface area contributed by atoms with E-state index in [4.69, 9.17) is 10.5 Å². The number of hydrogen-bond donors (Lipinski definition) is 2. The van der Waals surface area contributed by atoms with Gasteiger partial charge in [-0.15, -0.1) is 0 Å². The smallest absolute Gasteiger partial charge is 0.322 e. The van der Waals surface area contributed by atoms with Crippen LogP contribution in [0.25, 0.3) is 6.08 Å². The molecule has 0 aromatic heterocycles. The van der Waals surface area contributed by atoms with Crippen LogP contribution >= 0.6 is 11.8 Å². The number of benzene rings is 2. The highest BCUT2D eigenvalue weighted by Gasteiger charge is 2.24. The maximum atomic E-state index is 14.3. The summed E-state index contributed by atoms with van der Waals surface area (Å²) in [5.74, 6) is -1.19. The minimum atomic E-state index is -0.872. The van der Waals surface area contributed by atoms with Crippen LogP contribution in [-0.4, -0.2) is 30.3 Å². The van der Waals surface area contributed by atoms with Crippen LogP contribution in [0.4, 0.5) is 9.18 Å². The van der Waals surface area contributed by atoms with Crippen molar-refractivity contribution >= 4 is 35.0 Å². The number of nitrogens with one attached hydrogen (secondary N) is 1. The van der Waals surface area contributed by atoms with Gasteiger partial charge >= 0.3 is 5.97 Å². The van der Waals surface area contributed by atoms with Crippen LogP contribution < -0.4 is 15.8 Å². The molecule has 1 aliphatic heterocycles. The zero-order valence-corrected chi connectivity index (χ0v) is 16.1. The number of imide groups is 1. The summed E-state index contributed by atoms with van der Waals surface area (Å²) < 4.78 is 24.4. The minimum Gasteiger partial charge on any atom is -0.468 e. The highest BCUT2D eigenvalue weighted by Crippen LogP contribution is 2.28. The standard InChI is InChI=1S/C20H17FN2O5S/c1-27-19(25)15(22)9-12-4-7-16(14(21)8-12)28-13-5-2-11(3-6-13)10-17-18(24)23-20(26)29-17/h2-8,10,15H,9,22H2,1H3,(H,23,24,26). The Labute approximate surface area is 170 Å². The Morgan fingerprint density at radius 1 is 1.24 bits per heavy atom. The van der Waals surface area contributed by atoms with Crippen molar-refractivity contribution in [3.8, 4) is 11.5 Å². The van der Waals surface area contributed by atoms with E-state index in [0.29, 0.717) is 21.8 Å². The normalized spacial score (nSPS) is 15.9. The van der Waals surface area contributed by atoms with E-state index in [2.05, 4.69) is 10.1 Å². The third kappa shape index (κ3) is 5.21. The summed E-state index contributed by atoms with van der Waals surface area (Å²) in [6, 6.07) is 10.1. The van der Waals surface area contributed by atoms with Gasteiger partial charge in [0, 0.05) is 0 Å². The van der Waals surface area contributed by atoms with Crippen molar-refractivity contribution in [1.82, 2.24) is 5.32 Å². The van der Waals surface area contributed by atoms with E-state index in [1.165, 1.54) is 19.2 Å². The van der Waals surface area contributed by atoms with E-state index in [0.717, 1.165) is 11.8 Å². The number of thioether (sulfide) groups is 1. The first-order valence-corrected chi connectivity index (χ1v) is 9.32. The van der Waals surface area contributed by atoms with E-state index in [1.54, 1.807) is 36.4 Å². The van der Waals surface area contributed by atoms with E-state index in [1.807, 2.05) is 0 Å². The zero-order valence-electron chi connectivity index (χ0n) is 15.3. The topological polar surface area (TPSA) is 108 Å². The van der Waals surface area contributed by atoms with Crippen molar-refractivity contribution in [1.29, 1.82) is 0 Å². The van der Waals surface area contributed by atoms with Crippen LogP contribution in [0.2, 0.25) is 0 Å². The SMILES string of the molecule is COC(=O)C(N)Cc1ccc(Oc2ccc(C=C3SC(=O)NC3=O)cc2)c(F)c1. The Morgan fingerprint density at radius 3 is 2.55 bits per heavy atom. The van der Waals surface area contributed by atoms with Gasteiger partial charge < -0.3 is 15.2 Å². The van der Waals surface area contributed by atoms with E-state index >= 15 is 0 Å². The molecule has 1 saturated heterocycles. The molecule has 3 rings (SSSR count).